The van der Waals surface area contributed by atoms with E-state index in [1.54, 1.807) is 13.4 Å². The molecule has 0 unspecified atom stereocenters. The van der Waals surface area contributed by atoms with Gasteiger partial charge in [-0.3, -0.25) is 4.79 Å². The number of amides is 1. The summed E-state index contributed by atoms with van der Waals surface area (Å²) in [6, 6.07) is 9.81. The van der Waals surface area contributed by atoms with Gasteiger partial charge in [0.2, 0.25) is 5.91 Å². The van der Waals surface area contributed by atoms with Gasteiger partial charge in [-0.2, -0.15) is 0 Å². The zero-order valence-electron chi connectivity index (χ0n) is 13.7. The molecule has 1 heterocycles. The van der Waals surface area contributed by atoms with E-state index >= 15 is 0 Å². The number of hydrogen-bond donors (Lipinski definition) is 0. The fraction of sp³-hybridized carbons (Fsp3) is 0.438. The predicted octanol–water partition coefficient (Wildman–Crippen LogP) is 2.46. The van der Waals surface area contributed by atoms with E-state index in [4.69, 9.17) is 4.74 Å². The predicted molar refractivity (Wildman–Crippen MR) is 91.7 cm³/mol. The van der Waals surface area contributed by atoms with Crippen molar-refractivity contribution >= 4 is 23.4 Å². The second-order valence-corrected chi connectivity index (χ2v) is 6.22. The van der Waals surface area contributed by atoms with Crippen LogP contribution in [0.2, 0.25) is 0 Å². The molecule has 1 amide bonds. The highest BCUT2D eigenvalue weighted by molar-refractivity contribution is 7.99. The first-order valence-electron chi connectivity index (χ1n) is 7.50. The monoisotopic (exact) mass is 334 g/mol. The van der Waals surface area contributed by atoms with Crippen LogP contribution in [0.4, 0.5) is 5.69 Å². The lowest BCUT2D eigenvalue weighted by molar-refractivity contribution is -0.116. The van der Waals surface area contributed by atoms with Gasteiger partial charge in [0.15, 0.2) is 5.16 Å². The Hall–Kier alpha value is -1.86. The van der Waals surface area contributed by atoms with Crippen LogP contribution in [0, 0.1) is 0 Å². The molecule has 124 valence electrons. The molecule has 0 N–H and O–H groups in total. The van der Waals surface area contributed by atoms with Crippen molar-refractivity contribution in [2.75, 3.05) is 24.4 Å². The van der Waals surface area contributed by atoms with E-state index in [2.05, 4.69) is 10.2 Å². The van der Waals surface area contributed by atoms with E-state index in [0.717, 1.165) is 10.8 Å². The molecule has 7 heteroatoms. The molecular weight excluding hydrogens is 312 g/mol. The number of carbonyl (C=O) groups is 1. The molecule has 0 spiro atoms. The van der Waals surface area contributed by atoms with E-state index in [-0.39, 0.29) is 11.9 Å². The lowest BCUT2D eigenvalue weighted by Crippen LogP contribution is -2.38. The summed E-state index contributed by atoms with van der Waals surface area (Å²) in [6.07, 6.45) is 1.66. The van der Waals surface area contributed by atoms with Gasteiger partial charge in [-0.15, -0.1) is 10.2 Å². The Morgan fingerprint density at radius 1 is 1.35 bits per heavy atom. The zero-order chi connectivity index (χ0) is 16.7. The molecule has 0 aliphatic carbocycles. The SMILES string of the molecule is COCCn1cnnc1SCC(=O)N(c1ccccc1)C(C)C. The van der Waals surface area contributed by atoms with Crippen molar-refractivity contribution in [3.05, 3.63) is 36.7 Å². The minimum Gasteiger partial charge on any atom is -0.383 e. The van der Waals surface area contributed by atoms with Crippen LogP contribution in [-0.4, -0.2) is 46.2 Å². The average Bonchev–Trinajstić information content (AvgIpc) is 2.99. The van der Waals surface area contributed by atoms with Gasteiger partial charge in [-0.05, 0) is 26.0 Å². The first-order valence-corrected chi connectivity index (χ1v) is 8.48. The fourth-order valence-electron chi connectivity index (χ4n) is 2.21. The van der Waals surface area contributed by atoms with Crippen LogP contribution in [-0.2, 0) is 16.1 Å². The van der Waals surface area contributed by atoms with Crippen molar-refractivity contribution in [3.8, 4) is 0 Å². The summed E-state index contributed by atoms with van der Waals surface area (Å²) in [5.74, 6) is 0.371. The lowest BCUT2D eigenvalue weighted by atomic mass is 10.2. The molecule has 0 aliphatic heterocycles. The molecule has 0 aliphatic rings. The van der Waals surface area contributed by atoms with Crippen LogP contribution in [0.25, 0.3) is 0 Å². The summed E-state index contributed by atoms with van der Waals surface area (Å²) < 4.78 is 6.95. The summed E-state index contributed by atoms with van der Waals surface area (Å²) in [5, 5.41) is 8.70. The highest BCUT2D eigenvalue weighted by Gasteiger charge is 2.19. The summed E-state index contributed by atoms with van der Waals surface area (Å²) in [4.78, 5) is 14.4. The Morgan fingerprint density at radius 2 is 2.09 bits per heavy atom. The molecule has 0 saturated heterocycles. The zero-order valence-corrected chi connectivity index (χ0v) is 14.5. The number of benzene rings is 1. The van der Waals surface area contributed by atoms with E-state index < -0.39 is 0 Å². The van der Waals surface area contributed by atoms with Gasteiger partial charge >= 0.3 is 0 Å². The van der Waals surface area contributed by atoms with Gasteiger partial charge in [0, 0.05) is 25.4 Å². The van der Waals surface area contributed by atoms with Crippen LogP contribution < -0.4 is 4.90 Å². The summed E-state index contributed by atoms with van der Waals surface area (Å²) >= 11 is 1.40. The number of rotatable bonds is 8. The van der Waals surface area contributed by atoms with E-state index in [1.807, 2.05) is 53.6 Å². The molecule has 6 nitrogen and oxygen atoms in total. The molecule has 0 bridgehead atoms. The topological polar surface area (TPSA) is 60.2 Å². The van der Waals surface area contributed by atoms with Crippen LogP contribution in [0.5, 0.6) is 0 Å². The van der Waals surface area contributed by atoms with Gasteiger partial charge in [0.05, 0.1) is 12.4 Å². The number of carbonyl (C=O) groups excluding carboxylic acids is 1. The van der Waals surface area contributed by atoms with E-state index in [0.29, 0.717) is 18.9 Å². The number of hydrogen-bond acceptors (Lipinski definition) is 5. The first-order chi connectivity index (χ1) is 11.1. The van der Waals surface area contributed by atoms with Crippen molar-refractivity contribution in [1.82, 2.24) is 14.8 Å². The van der Waals surface area contributed by atoms with Crippen LogP contribution in [0.1, 0.15) is 13.8 Å². The fourth-order valence-corrected chi connectivity index (χ4v) is 3.01. The second-order valence-electron chi connectivity index (χ2n) is 5.28. The number of para-hydroxylation sites is 1. The molecule has 1 aromatic carbocycles. The van der Waals surface area contributed by atoms with Crippen molar-refractivity contribution in [2.24, 2.45) is 0 Å². The number of ether oxygens (including phenoxy) is 1. The Bertz CT molecular complexity index is 616. The average molecular weight is 334 g/mol. The molecular formula is C16H22N4O2S. The molecule has 1 aromatic heterocycles. The maximum Gasteiger partial charge on any atom is 0.237 e. The third-order valence-electron chi connectivity index (χ3n) is 3.26. The standard InChI is InChI=1S/C16H22N4O2S/c1-13(2)20(14-7-5-4-6-8-14)15(21)11-23-16-18-17-12-19(16)9-10-22-3/h4-8,12-13H,9-11H2,1-3H3. The summed E-state index contributed by atoms with van der Waals surface area (Å²) in [7, 11) is 1.65. The first kappa shape index (κ1) is 17.5. The van der Waals surface area contributed by atoms with E-state index in [1.165, 1.54) is 11.8 Å². The molecule has 0 saturated carbocycles. The largest absolute Gasteiger partial charge is 0.383 e. The molecule has 2 rings (SSSR count). The summed E-state index contributed by atoms with van der Waals surface area (Å²) in [6.45, 7) is 5.28. The lowest BCUT2D eigenvalue weighted by Gasteiger charge is -2.26. The Balaban J connectivity index is 2.01. The number of aromatic nitrogens is 3. The van der Waals surface area contributed by atoms with Crippen molar-refractivity contribution < 1.29 is 9.53 Å². The number of nitrogens with zero attached hydrogens (tertiary/aromatic N) is 4. The quantitative estimate of drug-likeness (QED) is 0.694. The second kappa shape index (κ2) is 8.69. The van der Waals surface area contributed by atoms with Crippen LogP contribution in [0.3, 0.4) is 0 Å². The smallest absolute Gasteiger partial charge is 0.237 e. The van der Waals surface area contributed by atoms with Crippen molar-refractivity contribution in [3.63, 3.8) is 0 Å². The number of anilines is 1. The van der Waals surface area contributed by atoms with E-state index in [9.17, 15) is 4.79 Å². The minimum absolute atomic E-state index is 0.0532. The normalized spacial score (nSPS) is 11.0. The van der Waals surface area contributed by atoms with Gasteiger partial charge in [-0.25, -0.2) is 0 Å². The Morgan fingerprint density at radius 3 is 2.74 bits per heavy atom. The van der Waals surface area contributed by atoms with Gasteiger partial charge in [-0.1, -0.05) is 30.0 Å². The highest BCUT2D eigenvalue weighted by Crippen LogP contribution is 2.21. The number of methoxy groups -OCH3 is 1. The van der Waals surface area contributed by atoms with Gasteiger partial charge < -0.3 is 14.2 Å². The summed E-state index contributed by atoms with van der Waals surface area (Å²) in [5.41, 5.74) is 0.911. The van der Waals surface area contributed by atoms with Gasteiger partial charge in [0.25, 0.3) is 0 Å². The third kappa shape index (κ3) is 4.80. The van der Waals surface area contributed by atoms with Gasteiger partial charge in [0.1, 0.15) is 6.33 Å². The maximum absolute atomic E-state index is 12.6. The molecule has 2 aromatic rings. The molecule has 0 atom stereocenters. The van der Waals surface area contributed by atoms with Crippen LogP contribution >= 0.6 is 11.8 Å². The maximum atomic E-state index is 12.6. The highest BCUT2D eigenvalue weighted by atomic mass is 32.2. The third-order valence-corrected chi connectivity index (χ3v) is 4.23. The molecule has 0 fully saturated rings. The minimum atomic E-state index is 0.0532. The molecule has 23 heavy (non-hydrogen) atoms. The Kier molecular flexibility index (Phi) is 6.61. The van der Waals surface area contributed by atoms with Crippen molar-refractivity contribution in [2.45, 2.75) is 31.6 Å². The van der Waals surface area contributed by atoms with Crippen molar-refractivity contribution in [1.29, 1.82) is 0 Å². The van der Waals surface area contributed by atoms with Crippen LogP contribution in [0.15, 0.2) is 41.8 Å². The molecule has 0 radical (unpaired) electrons. The number of thioether (sulfide) groups is 1. The Labute approximate surface area is 140 Å².